The summed E-state index contributed by atoms with van der Waals surface area (Å²) in [6.07, 6.45) is 0. The van der Waals surface area contributed by atoms with Crippen molar-refractivity contribution in [2.24, 2.45) is 0 Å². The highest BCUT2D eigenvalue weighted by atomic mass is 35.5. The molecule has 0 spiro atoms. The second-order valence-corrected chi connectivity index (χ2v) is 5.35. The Bertz CT molecular complexity index is 946. The van der Waals surface area contributed by atoms with Gasteiger partial charge in [-0.15, -0.1) is 0 Å². The van der Waals surface area contributed by atoms with Crippen LogP contribution in [-0.2, 0) is 0 Å². The molecule has 6 heteroatoms. The van der Waals surface area contributed by atoms with Crippen molar-refractivity contribution < 1.29 is 0 Å². The predicted octanol–water partition coefficient (Wildman–Crippen LogP) is 3.74. The molecule has 1 aromatic heterocycles. The summed E-state index contributed by atoms with van der Waals surface area (Å²) >= 11 is 11.3. The molecule has 2 N–H and O–H groups in total. The van der Waals surface area contributed by atoms with Gasteiger partial charge in [0.05, 0.1) is 22.3 Å². The minimum atomic E-state index is -0.173. The standard InChI is InChI=1S/C15H12ClN3OS/c1-17-11-4-2-3-5-13(11)19-14(20)10-7-6-9(16)8-12(10)18-15(19)21/h2-8,17H,1H3,(H,18,21). The Morgan fingerprint density at radius 3 is 2.76 bits per heavy atom. The third-order valence-electron chi connectivity index (χ3n) is 3.27. The van der Waals surface area contributed by atoms with Crippen molar-refractivity contribution in [2.45, 2.75) is 0 Å². The minimum absolute atomic E-state index is 0.173. The maximum atomic E-state index is 12.7. The van der Waals surface area contributed by atoms with Crippen LogP contribution in [0.25, 0.3) is 16.6 Å². The fourth-order valence-electron chi connectivity index (χ4n) is 2.29. The third kappa shape index (κ3) is 2.34. The lowest BCUT2D eigenvalue weighted by Gasteiger charge is -2.12. The van der Waals surface area contributed by atoms with Crippen LogP contribution in [0.2, 0.25) is 5.02 Å². The van der Waals surface area contributed by atoms with Gasteiger partial charge in [0.15, 0.2) is 4.77 Å². The maximum absolute atomic E-state index is 12.7. The Morgan fingerprint density at radius 1 is 1.24 bits per heavy atom. The van der Waals surface area contributed by atoms with E-state index in [0.717, 1.165) is 5.69 Å². The van der Waals surface area contributed by atoms with Gasteiger partial charge in [-0.25, -0.2) is 0 Å². The van der Waals surface area contributed by atoms with Crippen molar-refractivity contribution in [3.8, 4) is 5.69 Å². The van der Waals surface area contributed by atoms with Crippen LogP contribution in [0.15, 0.2) is 47.3 Å². The molecule has 0 unspecified atom stereocenters. The number of halogens is 1. The number of rotatable bonds is 2. The normalized spacial score (nSPS) is 10.8. The van der Waals surface area contributed by atoms with Crippen molar-refractivity contribution in [1.29, 1.82) is 0 Å². The molecule has 21 heavy (non-hydrogen) atoms. The van der Waals surface area contributed by atoms with Gasteiger partial charge in [-0.2, -0.15) is 0 Å². The zero-order valence-corrected chi connectivity index (χ0v) is 12.8. The van der Waals surface area contributed by atoms with Crippen LogP contribution in [-0.4, -0.2) is 16.6 Å². The number of hydrogen-bond acceptors (Lipinski definition) is 3. The summed E-state index contributed by atoms with van der Waals surface area (Å²) in [7, 11) is 1.80. The van der Waals surface area contributed by atoms with Crippen molar-refractivity contribution in [3.05, 3.63) is 62.6 Å². The van der Waals surface area contributed by atoms with Gasteiger partial charge in [-0.05, 0) is 42.5 Å². The average Bonchev–Trinajstić information content (AvgIpc) is 2.47. The Morgan fingerprint density at radius 2 is 2.00 bits per heavy atom. The van der Waals surface area contributed by atoms with Crippen LogP contribution in [0.3, 0.4) is 0 Å². The van der Waals surface area contributed by atoms with Crippen molar-refractivity contribution in [1.82, 2.24) is 9.55 Å². The lowest BCUT2D eigenvalue weighted by atomic mass is 10.2. The van der Waals surface area contributed by atoms with E-state index in [4.69, 9.17) is 23.8 Å². The van der Waals surface area contributed by atoms with E-state index in [-0.39, 0.29) is 5.56 Å². The number of H-pyrrole nitrogens is 1. The molecule has 1 heterocycles. The van der Waals surface area contributed by atoms with Gasteiger partial charge in [0.2, 0.25) is 0 Å². The number of para-hydroxylation sites is 2. The summed E-state index contributed by atoms with van der Waals surface area (Å²) in [4.78, 5) is 15.8. The van der Waals surface area contributed by atoms with Crippen molar-refractivity contribution in [2.75, 3.05) is 12.4 Å². The van der Waals surface area contributed by atoms with E-state index in [1.165, 1.54) is 4.57 Å². The highest BCUT2D eigenvalue weighted by molar-refractivity contribution is 7.71. The van der Waals surface area contributed by atoms with Gasteiger partial charge >= 0.3 is 0 Å². The maximum Gasteiger partial charge on any atom is 0.266 e. The Kier molecular flexibility index (Phi) is 3.53. The highest BCUT2D eigenvalue weighted by Crippen LogP contribution is 2.20. The molecular weight excluding hydrogens is 306 g/mol. The number of aromatic nitrogens is 2. The molecule has 0 bridgehead atoms. The van der Waals surface area contributed by atoms with Gasteiger partial charge in [-0.1, -0.05) is 23.7 Å². The van der Waals surface area contributed by atoms with Crippen LogP contribution in [0.5, 0.6) is 0 Å². The molecule has 0 aliphatic heterocycles. The summed E-state index contributed by atoms with van der Waals surface area (Å²) in [6, 6.07) is 12.6. The summed E-state index contributed by atoms with van der Waals surface area (Å²) in [6.45, 7) is 0. The molecular formula is C15H12ClN3OS. The smallest absolute Gasteiger partial charge is 0.266 e. The number of aromatic amines is 1. The number of hydrogen-bond donors (Lipinski definition) is 2. The van der Waals surface area contributed by atoms with Gasteiger partial charge in [-0.3, -0.25) is 9.36 Å². The first-order valence-corrected chi connectivity index (χ1v) is 7.12. The zero-order chi connectivity index (χ0) is 15.0. The molecule has 0 amide bonds. The summed E-state index contributed by atoms with van der Waals surface area (Å²) < 4.78 is 1.81. The zero-order valence-electron chi connectivity index (χ0n) is 11.2. The number of nitrogens with zero attached hydrogens (tertiary/aromatic N) is 1. The van der Waals surface area contributed by atoms with Crippen LogP contribution in [0, 0.1) is 4.77 Å². The number of nitrogens with one attached hydrogen (secondary N) is 2. The fraction of sp³-hybridized carbons (Fsp3) is 0.0667. The fourth-order valence-corrected chi connectivity index (χ4v) is 2.75. The first kappa shape index (κ1) is 13.9. The number of fused-ring (bicyclic) bond motifs is 1. The number of benzene rings is 2. The molecule has 0 aliphatic rings. The Labute approximate surface area is 131 Å². The SMILES string of the molecule is CNc1ccccc1-n1c(=S)[nH]c2cc(Cl)ccc2c1=O. The van der Waals surface area contributed by atoms with E-state index >= 15 is 0 Å². The monoisotopic (exact) mass is 317 g/mol. The van der Waals surface area contributed by atoms with E-state index in [0.29, 0.717) is 26.4 Å². The second kappa shape index (κ2) is 5.35. The van der Waals surface area contributed by atoms with Crippen LogP contribution >= 0.6 is 23.8 Å². The summed E-state index contributed by atoms with van der Waals surface area (Å²) in [5.74, 6) is 0. The van der Waals surface area contributed by atoms with E-state index in [1.807, 2.05) is 24.3 Å². The van der Waals surface area contributed by atoms with Crippen LogP contribution in [0.1, 0.15) is 0 Å². The topological polar surface area (TPSA) is 49.8 Å². The van der Waals surface area contributed by atoms with Gasteiger partial charge in [0, 0.05) is 12.1 Å². The van der Waals surface area contributed by atoms with Crippen molar-refractivity contribution >= 4 is 40.4 Å². The second-order valence-electron chi connectivity index (χ2n) is 4.53. The lowest BCUT2D eigenvalue weighted by Crippen LogP contribution is -2.21. The van der Waals surface area contributed by atoms with E-state index in [9.17, 15) is 4.79 Å². The minimum Gasteiger partial charge on any atom is -0.386 e. The van der Waals surface area contributed by atoms with Gasteiger partial charge in [0.1, 0.15) is 0 Å². The molecule has 0 atom stereocenters. The molecule has 106 valence electrons. The first-order chi connectivity index (χ1) is 10.1. The van der Waals surface area contributed by atoms with E-state index in [2.05, 4.69) is 10.3 Å². The predicted molar refractivity (Wildman–Crippen MR) is 89.3 cm³/mol. The molecule has 0 radical (unpaired) electrons. The summed E-state index contributed by atoms with van der Waals surface area (Å²) in [5, 5.41) is 4.16. The Balaban J connectivity index is 2.41. The Hall–Kier alpha value is -2.11. The number of anilines is 1. The molecule has 3 rings (SSSR count). The molecule has 0 saturated carbocycles. The average molecular weight is 318 g/mol. The third-order valence-corrected chi connectivity index (χ3v) is 3.79. The molecule has 4 nitrogen and oxygen atoms in total. The lowest BCUT2D eigenvalue weighted by molar-refractivity contribution is 0.941. The van der Waals surface area contributed by atoms with E-state index in [1.54, 1.807) is 25.2 Å². The molecule has 0 saturated heterocycles. The highest BCUT2D eigenvalue weighted by Gasteiger charge is 2.10. The first-order valence-electron chi connectivity index (χ1n) is 6.33. The van der Waals surface area contributed by atoms with Crippen LogP contribution < -0.4 is 10.9 Å². The van der Waals surface area contributed by atoms with Gasteiger partial charge in [0.25, 0.3) is 5.56 Å². The van der Waals surface area contributed by atoms with Crippen LogP contribution in [0.4, 0.5) is 5.69 Å². The molecule has 3 aromatic rings. The van der Waals surface area contributed by atoms with Gasteiger partial charge < -0.3 is 10.3 Å². The van der Waals surface area contributed by atoms with E-state index < -0.39 is 0 Å². The summed E-state index contributed by atoms with van der Waals surface area (Å²) in [5.41, 5.74) is 2.00. The molecule has 0 fully saturated rings. The van der Waals surface area contributed by atoms with Crippen molar-refractivity contribution in [3.63, 3.8) is 0 Å². The quantitative estimate of drug-likeness (QED) is 0.708. The largest absolute Gasteiger partial charge is 0.386 e. The molecule has 2 aromatic carbocycles. The molecule has 0 aliphatic carbocycles.